The maximum Gasteiger partial charge on any atom is 0.244 e. The van der Waals surface area contributed by atoms with E-state index in [0.717, 1.165) is 0 Å². The van der Waals surface area contributed by atoms with Gasteiger partial charge in [0.1, 0.15) is 4.90 Å². The number of aryl methyl sites for hydroxylation is 1. The van der Waals surface area contributed by atoms with Crippen molar-refractivity contribution in [3.8, 4) is 0 Å². The lowest BCUT2D eigenvalue weighted by Crippen LogP contribution is -2.31. The molecule has 0 radical (unpaired) electrons. The lowest BCUT2D eigenvalue weighted by molar-refractivity contribution is 0.544. The predicted molar refractivity (Wildman–Crippen MR) is 64.3 cm³/mol. The summed E-state index contributed by atoms with van der Waals surface area (Å²) < 4.78 is 40.0. The van der Waals surface area contributed by atoms with E-state index in [1.54, 1.807) is 26.8 Å². The van der Waals surface area contributed by atoms with Crippen molar-refractivity contribution in [2.45, 2.75) is 31.7 Å². The second kappa shape index (κ2) is 4.81. The van der Waals surface area contributed by atoms with Gasteiger partial charge < -0.3 is 0 Å². The highest BCUT2D eigenvalue weighted by Crippen LogP contribution is 2.25. The van der Waals surface area contributed by atoms with Crippen LogP contribution in [-0.4, -0.2) is 14.5 Å². The minimum absolute atomic E-state index is 0.141. The Hall–Kier alpha value is -0.460. The summed E-state index contributed by atoms with van der Waals surface area (Å²) in [6.45, 7) is 4.93. The van der Waals surface area contributed by atoms with E-state index >= 15 is 0 Å². The number of hydrogen-bond acceptors (Lipinski definition) is 2. The Morgan fingerprint density at radius 1 is 1.38 bits per heavy atom. The molecule has 0 saturated carbocycles. The Kier molecular flexibility index (Phi) is 4.09. The third-order valence-corrected chi connectivity index (χ3v) is 4.34. The molecule has 0 aliphatic carbocycles. The van der Waals surface area contributed by atoms with Crippen LogP contribution in [0.4, 0.5) is 4.39 Å². The van der Waals surface area contributed by atoms with E-state index in [4.69, 9.17) is 0 Å². The molecule has 16 heavy (non-hydrogen) atoms. The molecule has 90 valence electrons. The van der Waals surface area contributed by atoms with Crippen molar-refractivity contribution in [2.75, 3.05) is 0 Å². The van der Waals surface area contributed by atoms with Crippen LogP contribution >= 0.6 is 15.9 Å². The maximum absolute atomic E-state index is 13.7. The smallest absolute Gasteiger partial charge is 0.209 e. The quantitative estimate of drug-likeness (QED) is 0.933. The third kappa shape index (κ3) is 2.81. The third-order valence-electron chi connectivity index (χ3n) is 1.91. The lowest BCUT2D eigenvalue weighted by atomic mass is 10.2. The lowest BCUT2D eigenvalue weighted by Gasteiger charge is -2.13. The SMILES string of the molecule is Cc1ccc(Br)c(F)c1S(=O)(=O)NC(C)C. The van der Waals surface area contributed by atoms with Gasteiger partial charge in [-0.05, 0) is 48.3 Å². The van der Waals surface area contributed by atoms with Crippen LogP contribution < -0.4 is 4.72 Å². The van der Waals surface area contributed by atoms with Gasteiger partial charge in [-0.25, -0.2) is 17.5 Å². The van der Waals surface area contributed by atoms with Crippen LogP contribution in [0.2, 0.25) is 0 Å². The fraction of sp³-hybridized carbons (Fsp3) is 0.400. The average Bonchev–Trinajstić information content (AvgIpc) is 2.09. The minimum Gasteiger partial charge on any atom is -0.209 e. The summed E-state index contributed by atoms with van der Waals surface area (Å²) in [5, 5.41) is 0. The standard InChI is InChI=1S/C10H13BrFNO2S/c1-6(2)13-16(14,15)10-7(3)4-5-8(11)9(10)12/h4-6,13H,1-3H3. The highest BCUT2D eigenvalue weighted by molar-refractivity contribution is 9.10. The first kappa shape index (κ1) is 13.6. The summed E-state index contributed by atoms with van der Waals surface area (Å²) in [6.07, 6.45) is 0. The van der Waals surface area contributed by atoms with Crippen molar-refractivity contribution in [3.05, 3.63) is 28.0 Å². The molecule has 0 unspecified atom stereocenters. The van der Waals surface area contributed by atoms with Crippen molar-refractivity contribution >= 4 is 26.0 Å². The number of nitrogens with one attached hydrogen (secondary N) is 1. The summed E-state index contributed by atoms with van der Waals surface area (Å²) in [7, 11) is -3.80. The Bertz CT molecular complexity index is 500. The van der Waals surface area contributed by atoms with Gasteiger partial charge in [-0.2, -0.15) is 0 Å². The molecule has 0 atom stereocenters. The minimum atomic E-state index is -3.80. The van der Waals surface area contributed by atoms with Gasteiger partial charge in [-0.15, -0.1) is 0 Å². The van der Waals surface area contributed by atoms with Crippen LogP contribution in [0, 0.1) is 12.7 Å². The van der Waals surface area contributed by atoms with Crippen LogP contribution in [-0.2, 0) is 10.0 Å². The summed E-state index contributed by atoms with van der Waals surface area (Å²) >= 11 is 2.97. The molecule has 1 aromatic rings. The van der Waals surface area contributed by atoms with Gasteiger partial charge in [-0.3, -0.25) is 0 Å². The largest absolute Gasteiger partial charge is 0.244 e. The molecule has 3 nitrogen and oxygen atoms in total. The normalized spacial score (nSPS) is 12.1. The monoisotopic (exact) mass is 309 g/mol. The molecule has 0 aromatic heterocycles. The fourth-order valence-corrected chi connectivity index (χ4v) is 3.37. The van der Waals surface area contributed by atoms with E-state index in [0.29, 0.717) is 5.56 Å². The zero-order chi connectivity index (χ0) is 12.5. The van der Waals surface area contributed by atoms with E-state index in [2.05, 4.69) is 20.7 Å². The van der Waals surface area contributed by atoms with Gasteiger partial charge in [-0.1, -0.05) is 6.07 Å². The highest BCUT2D eigenvalue weighted by atomic mass is 79.9. The first-order valence-corrected chi connectivity index (χ1v) is 7.00. The molecule has 0 saturated heterocycles. The van der Waals surface area contributed by atoms with Crippen molar-refractivity contribution < 1.29 is 12.8 Å². The molecule has 6 heteroatoms. The first-order valence-electron chi connectivity index (χ1n) is 4.72. The number of rotatable bonds is 3. The molecule has 0 bridgehead atoms. The van der Waals surface area contributed by atoms with Crippen molar-refractivity contribution in [3.63, 3.8) is 0 Å². The topological polar surface area (TPSA) is 46.2 Å². The molecule has 0 spiro atoms. The fourth-order valence-electron chi connectivity index (χ4n) is 1.33. The van der Waals surface area contributed by atoms with Crippen LogP contribution in [0.5, 0.6) is 0 Å². The van der Waals surface area contributed by atoms with Gasteiger partial charge in [0, 0.05) is 6.04 Å². The van der Waals surface area contributed by atoms with Gasteiger partial charge >= 0.3 is 0 Å². The Morgan fingerprint density at radius 3 is 2.44 bits per heavy atom. The number of halogens is 2. The van der Waals surface area contributed by atoms with Crippen LogP contribution in [0.1, 0.15) is 19.4 Å². The summed E-state index contributed by atoms with van der Waals surface area (Å²) in [5.74, 6) is -0.756. The van der Waals surface area contributed by atoms with Crippen LogP contribution in [0.15, 0.2) is 21.5 Å². The summed E-state index contributed by atoms with van der Waals surface area (Å²) in [6, 6.07) is 2.77. The zero-order valence-corrected chi connectivity index (χ0v) is 11.6. The maximum atomic E-state index is 13.7. The van der Waals surface area contributed by atoms with Crippen LogP contribution in [0.3, 0.4) is 0 Å². The van der Waals surface area contributed by atoms with Gasteiger partial charge in [0.2, 0.25) is 10.0 Å². The van der Waals surface area contributed by atoms with Crippen molar-refractivity contribution in [1.29, 1.82) is 0 Å². The van der Waals surface area contributed by atoms with E-state index in [9.17, 15) is 12.8 Å². The molecule has 0 fully saturated rings. The molecule has 0 aliphatic heterocycles. The number of hydrogen-bond donors (Lipinski definition) is 1. The molecule has 0 aliphatic rings. The Balaban J connectivity index is 3.38. The molecular weight excluding hydrogens is 297 g/mol. The molecule has 1 rings (SSSR count). The molecule has 0 amide bonds. The highest BCUT2D eigenvalue weighted by Gasteiger charge is 2.23. The molecular formula is C10H13BrFNO2S. The van der Waals surface area contributed by atoms with E-state index in [-0.39, 0.29) is 15.4 Å². The number of sulfonamides is 1. The van der Waals surface area contributed by atoms with Gasteiger partial charge in [0.05, 0.1) is 4.47 Å². The Morgan fingerprint density at radius 2 is 1.94 bits per heavy atom. The zero-order valence-electron chi connectivity index (χ0n) is 9.21. The summed E-state index contributed by atoms with van der Waals surface area (Å²) in [4.78, 5) is -0.296. The van der Waals surface area contributed by atoms with E-state index in [1.165, 1.54) is 6.07 Å². The predicted octanol–water partition coefficient (Wildman–Crippen LogP) is 2.58. The molecule has 1 aromatic carbocycles. The Labute approximate surface area is 103 Å². The molecule has 1 N–H and O–H groups in total. The van der Waals surface area contributed by atoms with E-state index < -0.39 is 15.8 Å². The average molecular weight is 310 g/mol. The van der Waals surface area contributed by atoms with Crippen LogP contribution in [0.25, 0.3) is 0 Å². The van der Waals surface area contributed by atoms with Gasteiger partial charge in [0.15, 0.2) is 5.82 Å². The second-order valence-corrected chi connectivity index (χ2v) is 6.29. The second-order valence-electron chi connectivity index (χ2n) is 3.78. The number of benzene rings is 1. The van der Waals surface area contributed by atoms with Crippen molar-refractivity contribution in [2.24, 2.45) is 0 Å². The first-order chi connectivity index (χ1) is 7.25. The van der Waals surface area contributed by atoms with E-state index in [1.807, 2.05) is 0 Å². The molecule has 0 heterocycles. The van der Waals surface area contributed by atoms with Gasteiger partial charge in [0.25, 0.3) is 0 Å². The summed E-state index contributed by atoms with van der Waals surface area (Å²) in [5.41, 5.74) is 0.383. The van der Waals surface area contributed by atoms with Crippen molar-refractivity contribution in [1.82, 2.24) is 4.72 Å².